The van der Waals surface area contributed by atoms with Gasteiger partial charge < -0.3 is 19.5 Å². The van der Waals surface area contributed by atoms with E-state index in [1.165, 1.54) is 6.26 Å². The van der Waals surface area contributed by atoms with Crippen LogP contribution in [0.2, 0.25) is 5.02 Å². The van der Waals surface area contributed by atoms with E-state index in [0.29, 0.717) is 48.2 Å². The molecule has 6 nitrogen and oxygen atoms in total. The quantitative estimate of drug-likeness (QED) is 0.567. The van der Waals surface area contributed by atoms with Crippen molar-refractivity contribution >= 4 is 50.7 Å². The number of nitrogens with zero attached hydrogens (tertiary/aromatic N) is 2. The number of furan rings is 1. The molecule has 0 saturated carbocycles. The molecule has 1 aliphatic rings. The number of rotatable bonds is 4. The average molecular weight is 489 g/mol. The van der Waals surface area contributed by atoms with Crippen LogP contribution in [0.3, 0.4) is 0 Å². The molecule has 154 valence electrons. The molecule has 0 aliphatic carbocycles. The lowest BCUT2D eigenvalue weighted by Gasteiger charge is -2.36. The van der Waals surface area contributed by atoms with Crippen molar-refractivity contribution in [3.05, 3.63) is 81.7 Å². The highest BCUT2D eigenvalue weighted by Crippen LogP contribution is 2.30. The van der Waals surface area contributed by atoms with Gasteiger partial charge in [0.1, 0.15) is 0 Å². The lowest BCUT2D eigenvalue weighted by molar-refractivity contribution is 0.0714. The fraction of sp³-hybridized carbons (Fsp3) is 0.182. The van der Waals surface area contributed by atoms with Gasteiger partial charge in [-0.25, -0.2) is 0 Å². The number of piperazine rings is 1. The molecule has 1 fully saturated rings. The Morgan fingerprint density at radius 3 is 2.43 bits per heavy atom. The predicted molar refractivity (Wildman–Crippen MR) is 120 cm³/mol. The second-order valence-electron chi connectivity index (χ2n) is 6.86. The smallest absolute Gasteiger partial charge is 0.289 e. The second-order valence-corrected chi connectivity index (χ2v) is 8.12. The summed E-state index contributed by atoms with van der Waals surface area (Å²) in [5.41, 5.74) is 2.05. The molecule has 2 heterocycles. The van der Waals surface area contributed by atoms with Gasteiger partial charge in [0.25, 0.3) is 11.8 Å². The van der Waals surface area contributed by atoms with Gasteiger partial charge in [-0.15, -0.1) is 0 Å². The maximum Gasteiger partial charge on any atom is 0.289 e. The van der Waals surface area contributed by atoms with Crippen molar-refractivity contribution in [3.8, 4) is 0 Å². The molecule has 0 spiro atoms. The number of nitrogens with one attached hydrogen (secondary N) is 1. The topological polar surface area (TPSA) is 65.8 Å². The van der Waals surface area contributed by atoms with Crippen molar-refractivity contribution in [1.82, 2.24) is 4.90 Å². The van der Waals surface area contributed by atoms with Crippen molar-refractivity contribution in [1.29, 1.82) is 0 Å². The first-order valence-electron chi connectivity index (χ1n) is 9.46. The third-order valence-electron chi connectivity index (χ3n) is 4.96. The van der Waals surface area contributed by atoms with E-state index >= 15 is 0 Å². The molecule has 1 saturated heterocycles. The van der Waals surface area contributed by atoms with Crippen LogP contribution in [0, 0.1) is 0 Å². The molecule has 4 rings (SSSR count). The maximum absolute atomic E-state index is 12.5. The minimum absolute atomic E-state index is 0.101. The third-order valence-corrected chi connectivity index (χ3v) is 5.96. The van der Waals surface area contributed by atoms with Crippen LogP contribution >= 0.6 is 27.5 Å². The van der Waals surface area contributed by atoms with E-state index in [1.807, 2.05) is 30.3 Å². The molecule has 3 aromatic rings. The Hall–Kier alpha value is -2.77. The zero-order valence-corrected chi connectivity index (χ0v) is 18.3. The molecule has 0 radical (unpaired) electrons. The number of hydrogen-bond donors (Lipinski definition) is 1. The van der Waals surface area contributed by atoms with Gasteiger partial charge in [-0.3, -0.25) is 9.59 Å². The fourth-order valence-corrected chi connectivity index (χ4v) is 4.16. The van der Waals surface area contributed by atoms with E-state index < -0.39 is 0 Å². The van der Waals surface area contributed by atoms with Gasteiger partial charge in [0, 0.05) is 36.3 Å². The highest BCUT2D eigenvalue weighted by molar-refractivity contribution is 9.10. The van der Waals surface area contributed by atoms with Crippen LogP contribution in [0.1, 0.15) is 20.9 Å². The van der Waals surface area contributed by atoms with Crippen molar-refractivity contribution < 1.29 is 14.0 Å². The van der Waals surface area contributed by atoms with Gasteiger partial charge in [-0.1, -0.05) is 23.7 Å². The van der Waals surface area contributed by atoms with Gasteiger partial charge in [-0.2, -0.15) is 0 Å². The molecule has 2 amide bonds. The zero-order chi connectivity index (χ0) is 21.1. The summed E-state index contributed by atoms with van der Waals surface area (Å²) in [6, 6.07) is 16.1. The lowest BCUT2D eigenvalue weighted by atomic mass is 10.2. The Labute approximate surface area is 187 Å². The predicted octanol–water partition coefficient (Wildman–Crippen LogP) is 4.91. The normalized spacial score (nSPS) is 13.9. The number of benzene rings is 2. The molecule has 1 aromatic heterocycles. The number of hydrogen-bond acceptors (Lipinski definition) is 4. The van der Waals surface area contributed by atoms with Crippen LogP contribution in [0.4, 0.5) is 11.4 Å². The van der Waals surface area contributed by atoms with E-state index in [4.69, 9.17) is 16.0 Å². The molecule has 30 heavy (non-hydrogen) atoms. The monoisotopic (exact) mass is 487 g/mol. The Kier molecular flexibility index (Phi) is 6.11. The molecule has 0 unspecified atom stereocenters. The van der Waals surface area contributed by atoms with Gasteiger partial charge in [-0.05, 0) is 58.4 Å². The van der Waals surface area contributed by atoms with Gasteiger partial charge in [0.2, 0.25) is 0 Å². The number of amides is 2. The SMILES string of the molecule is O=C(Nc1ccc(N2CCN(C(=O)c3ccco3)CC2)c(Cl)c1)c1ccccc1Br. The summed E-state index contributed by atoms with van der Waals surface area (Å²) >= 11 is 9.89. The number of carbonyl (C=O) groups is 2. The first-order valence-corrected chi connectivity index (χ1v) is 10.6. The van der Waals surface area contributed by atoms with Gasteiger partial charge in [0.05, 0.1) is 22.5 Å². The van der Waals surface area contributed by atoms with Crippen molar-refractivity contribution in [2.75, 3.05) is 36.4 Å². The first kappa shape index (κ1) is 20.5. The average Bonchev–Trinajstić information content (AvgIpc) is 3.29. The van der Waals surface area contributed by atoms with Crippen molar-refractivity contribution in [3.63, 3.8) is 0 Å². The second kappa shape index (κ2) is 8.93. The first-order chi connectivity index (χ1) is 14.5. The van der Waals surface area contributed by atoms with E-state index in [-0.39, 0.29) is 11.8 Å². The van der Waals surface area contributed by atoms with E-state index in [2.05, 4.69) is 26.1 Å². The minimum atomic E-state index is -0.212. The lowest BCUT2D eigenvalue weighted by Crippen LogP contribution is -2.48. The molecular weight excluding hydrogens is 470 g/mol. The molecule has 2 aromatic carbocycles. The largest absolute Gasteiger partial charge is 0.459 e. The Morgan fingerprint density at radius 1 is 1.00 bits per heavy atom. The highest BCUT2D eigenvalue weighted by atomic mass is 79.9. The fourth-order valence-electron chi connectivity index (χ4n) is 3.39. The Bertz CT molecular complexity index is 1060. The molecule has 8 heteroatoms. The maximum atomic E-state index is 12.5. The minimum Gasteiger partial charge on any atom is -0.459 e. The van der Waals surface area contributed by atoms with Crippen LogP contribution in [-0.2, 0) is 0 Å². The Balaban J connectivity index is 1.40. The highest BCUT2D eigenvalue weighted by Gasteiger charge is 2.24. The summed E-state index contributed by atoms with van der Waals surface area (Å²) in [6.07, 6.45) is 1.50. The van der Waals surface area contributed by atoms with Crippen LogP contribution in [0.5, 0.6) is 0 Å². The van der Waals surface area contributed by atoms with Crippen LogP contribution in [-0.4, -0.2) is 42.9 Å². The molecule has 0 atom stereocenters. The van der Waals surface area contributed by atoms with E-state index in [1.54, 1.807) is 29.2 Å². The van der Waals surface area contributed by atoms with E-state index in [9.17, 15) is 9.59 Å². The summed E-state index contributed by atoms with van der Waals surface area (Å²) < 4.78 is 5.93. The summed E-state index contributed by atoms with van der Waals surface area (Å²) in [4.78, 5) is 28.8. The summed E-state index contributed by atoms with van der Waals surface area (Å²) in [7, 11) is 0. The molecule has 1 aliphatic heterocycles. The molecular formula is C22H19BrClN3O3. The number of carbonyl (C=O) groups excluding carboxylic acids is 2. The number of anilines is 2. The van der Waals surface area contributed by atoms with Crippen LogP contribution in [0.25, 0.3) is 0 Å². The summed E-state index contributed by atoms with van der Waals surface area (Å²) in [5, 5.41) is 3.42. The van der Waals surface area contributed by atoms with Crippen molar-refractivity contribution in [2.45, 2.75) is 0 Å². The van der Waals surface area contributed by atoms with Crippen LogP contribution < -0.4 is 10.2 Å². The van der Waals surface area contributed by atoms with Crippen molar-refractivity contribution in [2.24, 2.45) is 0 Å². The third kappa shape index (κ3) is 4.37. The number of halogens is 2. The molecule has 0 bridgehead atoms. The standard InChI is InChI=1S/C22H19BrClN3O3/c23-17-5-2-1-4-16(17)21(28)25-15-7-8-19(18(24)14-15)26-9-11-27(12-10-26)22(29)20-6-3-13-30-20/h1-8,13-14H,9-12H2,(H,25,28). The van der Waals surface area contributed by atoms with E-state index in [0.717, 1.165) is 10.2 Å². The summed E-state index contributed by atoms with van der Waals surface area (Å²) in [5.74, 6) is 0.0406. The Morgan fingerprint density at radius 2 is 1.77 bits per heavy atom. The van der Waals surface area contributed by atoms with Crippen LogP contribution in [0.15, 0.2) is 69.8 Å². The van der Waals surface area contributed by atoms with Gasteiger partial charge in [0.15, 0.2) is 5.76 Å². The zero-order valence-electron chi connectivity index (χ0n) is 16.0. The molecule has 1 N–H and O–H groups in total. The summed E-state index contributed by atoms with van der Waals surface area (Å²) in [6.45, 7) is 2.48. The van der Waals surface area contributed by atoms with Gasteiger partial charge >= 0.3 is 0 Å².